The van der Waals surface area contributed by atoms with Gasteiger partial charge in [-0.25, -0.2) is 0 Å². The monoisotopic (exact) mass is 1050 g/mol. The lowest BCUT2D eigenvalue weighted by molar-refractivity contribution is -0.167. The van der Waals surface area contributed by atoms with Crippen molar-refractivity contribution in [2.24, 2.45) is 0 Å². The molecule has 0 aromatic rings. The Morgan fingerprint density at radius 2 is 0.480 bits per heavy atom. The van der Waals surface area contributed by atoms with Crippen LogP contribution in [0.5, 0.6) is 0 Å². The molecular formula is C69H124O6. The van der Waals surface area contributed by atoms with Crippen molar-refractivity contribution in [3.05, 3.63) is 60.8 Å². The molecule has 0 rings (SSSR count). The molecule has 75 heavy (non-hydrogen) atoms. The lowest BCUT2D eigenvalue weighted by Gasteiger charge is -2.18. The molecule has 436 valence electrons. The van der Waals surface area contributed by atoms with Gasteiger partial charge in [0.15, 0.2) is 6.10 Å². The highest BCUT2D eigenvalue weighted by atomic mass is 16.6. The molecule has 0 fully saturated rings. The first kappa shape index (κ1) is 72.1. The molecule has 0 saturated heterocycles. The summed E-state index contributed by atoms with van der Waals surface area (Å²) in [4.78, 5) is 38.4. The van der Waals surface area contributed by atoms with E-state index >= 15 is 0 Å². The summed E-state index contributed by atoms with van der Waals surface area (Å²) in [7, 11) is 0. The number of carbonyl (C=O) groups excluding carboxylic acids is 3. The third-order valence-electron chi connectivity index (χ3n) is 14.5. The fraction of sp³-hybridized carbons (Fsp3) is 0.812. The Hall–Kier alpha value is -2.89. The van der Waals surface area contributed by atoms with Crippen LogP contribution in [-0.4, -0.2) is 37.2 Å². The lowest BCUT2D eigenvalue weighted by Crippen LogP contribution is -2.30. The van der Waals surface area contributed by atoms with Crippen molar-refractivity contribution >= 4 is 17.9 Å². The minimum Gasteiger partial charge on any atom is -0.462 e. The molecule has 6 nitrogen and oxygen atoms in total. The summed E-state index contributed by atoms with van der Waals surface area (Å²) in [6, 6.07) is 0. The van der Waals surface area contributed by atoms with Gasteiger partial charge in [0.1, 0.15) is 13.2 Å². The molecule has 0 N–H and O–H groups in total. The highest BCUT2D eigenvalue weighted by Crippen LogP contribution is 2.17. The number of carbonyl (C=O) groups is 3. The van der Waals surface area contributed by atoms with E-state index in [2.05, 4.69) is 81.5 Å². The van der Waals surface area contributed by atoms with Crippen LogP contribution in [0.2, 0.25) is 0 Å². The van der Waals surface area contributed by atoms with Crippen LogP contribution in [0, 0.1) is 0 Å². The average molecular weight is 1050 g/mol. The third kappa shape index (κ3) is 61.8. The lowest BCUT2D eigenvalue weighted by atomic mass is 10.0. The zero-order chi connectivity index (χ0) is 54.3. The summed E-state index contributed by atoms with van der Waals surface area (Å²) in [5.74, 6) is -0.889. The Balaban J connectivity index is 4.37. The second kappa shape index (κ2) is 63.6. The second-order valence-electron chi connectivity index (χ2n) is 22.0. The van der Waals surface area contributed by atoms with Crippen LogP contribution in [0.4, 0.5) is 0 Å². The van der Waals surface area contributed by atoms with Gasteiger partial charge in [-0.2, -0.15) is 0 Å². The molecule has 0 spiro atoms. The molecular weight excluding hydrogens is 925 g/mol. The maximum atomic E-state index is 12.9. The number of hydrogen-bond donors (Lipinski definition) is 0. The number of esters is 3. The zero-order valence-corrected chi connectivity index (χ0v) is 50.1. The predicted molar refractivity (Wildman–Crippen MR) is 325 cm³/mol. The minimum atomic E-state index is -0.788. The number of ether oxygens (including phenoxy) is 3. The summed E-state index contributed by atoms with van der Waals surface area (Å²) in [6.45, 7) is 6.63. The van der Waals surface area contributed by atoms with Crippen LogP contribution < -0.4 is 0 Å². The topological polar surface area (TPSA) is 78.9 Å². The van der Waals surface area contributed by atoms with E-state index in [-0.39, 0.29) is 31.1 Å². The Bertz CT molecular complexity index is 1340. The largest absolute Gasteiger partial charge is 0.462 e. The van der Waals surface area contributed by atoms with E-state index in [1.165, 1.54) is 218 Å². The van der Waals surface area contributed by atoms with Crippen molar-refractivity contribution in [2.45, 2.75) is 348 Å². The molecule has 0 amide bonds. The molecule has 0 aliphatic rings. The quantitative estimate of drug-likeness (QED) is 0.0261. The van der Waals surface area contributed by atoms with Gasteiger partial charge in [0.2, 0.25) is 0 Å². The first-order valence-corrected chi connectivity index (χ1v) is 32.8. The molecule has 1 atom stereocenters. The number of rotatable bonds is 60. The summed E-state index contributed by atoms with van der Waals surface area (Å²) in [5, 5.41) is 0. The smallest absolute Gasteiger partial charge is 0.306 e. The van der Waals surface area contributed by atoms with E-state index in [4.69, 9.17) is 14.2 Å². The molecule has 0 aliphatic carbocycles. The van der Waals surface area contributed by atoms with Crippen LogP contribution in [0.25, 0.3) is 0 Å². The average Bonchev–Trinajstić information content (AvgIpc) is 3.41. The first-order valence-electron chi connectivity index (χ1n) is 32.8. The van der Waals surface area contributed by atoms with Crippen LogP contribution in [-0.2, 0) is 28.6 Å². The predicted octanol–water partition coefficient (Wildman–Crippen LogP) is 22.3. The van der Waals surface area contributed by atoms with Crippen LogP contribution in [0.3, 0.4) is 0 Å². The van der Waals surface area contributed by atoms with Gasteiger partial charge in [-0.05, 0) is 109 Å². The van der Waals surface area contributed by atoms with Crippen LogP contribution >= 0.6 is 0 Å². The summed E-state index contributed by atoms with van der Waals surface area (Å²) in [6.07, 6.45) is 80.8. The maximum absolute atomic E-state index is 12.9. The van der Waals surface area contributed by atoms with Crippen molar-refractivity contribution in [1.29, 1.82) is 0 Å². The molecule has 0 unspecified atom stereocenters. The molecule has 0 bridgehead atoms. The van der Waals surface area contributed by atoms with Crippen molar-refractivity contribution in [3.8, 4) is 0 Å². The van der Waals surface area contributed by atoms with Gasteiger partial charge in [-0.15, -0.1) is 0 Å². The Labute approximate surface area is 466 Å². The number of allylic oxidation sites excluding steroid dienone is 10. The van der Waals surface area contributed by atoms with E-state index < -0.39 is 6.10 Å². The highest BCUT2D eigenvalue weighted by molar-refractivity contribution is 5.71. The van der Waals surface area contributed by atoms with E-state index in [0.717, 1.165) is 83.5 Å². The number of hydrogen-bond acceptors (Lipinski definition) is 6. The molecule has 0 saturated carbocycles. The SMILES string of the molecule is CCCCC/C=C\C/C=C\C/C=C\CCCCCCC(=O)O[C@@H](COC(=O)CCCCCCCCCCC/C=C\CCCCCCCC)COC(=O)CCCCCCCCCCCCC/C=C\CCCCCCCC. The minimum absolute atomic E-state index is 0.0823. The summed E-state index contributed by atoms with van der Waals surface area (Å²) >= 11 is 0. The van der Waals surface area contributed by atoms with Gasteiger partial charge in [0.25, 0.3) is 0 Å². The van der Waals surface area contributed by atoms with Crippen LogP contribution in [0.15, 0.2) is 60.8 Å². The second-order valence-corrected chi connectivity index (χ2v) is 22.0. The van der Waals surface area contributed by atoms with Gasteiger partial charge >= 0.3 is 17.9 Å². The van der Waals surface area contributed by atoms with Crippen molar-refractivity contribution in [3.63, 3.8) is 0 Å². The van der Waals surface area contributed by atoms with E-state index in [1.54, 1.807) is 0 Å². The van der Waals surface area contributed by atoms with Crippen LogP contribution in [0.1, 0.15) is 342 Å². The van der Waals surface area contributed by atoms with Crippen molar-refractivity contribution < 1.29 is 28.6 Å². The molecule has 6 heteroatoms. The fourth-order valence-electron chi connectivity index (χ4n) is 9.50. The maximum Gasteiger partial charge on any atom is 0.306 e. The zero-order valence-electron chi connectivity index (χ0n) is 50.1. The molecule has 0 heterocycles. The van der Waals surface area contributed by atoms with Gasteiger partial charge in [-0.3, -0.25) is 14.4 Å². The van der Waals surface area contributed by atoms with Gasteiger partial charge < -0.3 is 14.2 Å². The van der Waals surface area contributed by atoms with E-state index in [9.17, 15) is 14.4 Å². The van der Waals surface area contributed by atoms with E-state index in [1.807, 2.05) is 0 Å². The molecule has 0 aromatic carbocycles. The normalized spacial score (nSPS) is 12.4. The van der Waals surface area contributed by atoms with Gasteiger partial charge in [0, 0.05) is 19.3 Å². The molecule has 0 aromatic heterocycles. The fourth-order valence-corrected chi connectivity index (χ4v) is 9.50. The van der Waals surface area contributed by atoms with Crippen molar-refractivity contribution in [2.75, 3.05) is 13.2 Å². The summed E-state index contributed by atoms with van der Waals surface area (Å²) in [5.41, 5.74) is 0. The number of unbranched alkanes of at least 4 members (excludes halogenated alkanes) is 39. The molecule has 0 aliphatic heterocycles. The third-order valence-corrected chi connectivity index (χ3v) is 14.5. The molecule has 0 radical (unpaired) electrons. The first-order chi connectivity index (χ1) is 37.0. The Morgan fingerprint density at radius 3 is 0.787 bits per heavy atom. The standard InChI is InChI=1S/C69H124O6/c1-4-7-10-13-16-19-22-25-28-31-33-34-36-39-41-44-47-50-53-56-59-62-68(71)74-65-66(75-69(72)63-60-57-54-51-48-45-42-37-30-27-24-21-18-15-12-9-6-3)64-73-67(70)61-58-55-52-49-46-43-40-38-35-32-29-26-23-20-17-14-11-8-5-2/h18,21,25-30,42,45,66H,4-17,19-20,22-24,31-41,43-44,46-65H2,1-3H3/b21-18-,28-25-,29-26-,30-27-,45-42-/t66-/m0/s1. The van der Waals surface area contributed by atoms with Gasteiger partial charge in [-0.1, -0.05) is 274 Å². The highest BCUT2D eigenvalue weighted by Gasteiger charge is 2.19. The summed E-state index contributed by atoms with van der Waals surface area (Å²) < 4.78 is 16.9. The van der Waals surface area contributed by atoms with Gasteiger partial charge in [0.05, 0.1) is 0 Å². The Morgan fingerprint density at radius 1 is 0.267 bits per heavy atom. The Kier molecular flexibility index (Phi) is 61.2. The van der Waals surface area contributed by atoms with E-state index in [0.29, 0.717) is 19.3 Å². The van der Waals surface area contributed by atoms with Crippen molar-refractivity contribution in [1.82, 2.24) is 0 Å².